The van der Waals surface area contributed by atoms with Gasteiger partial charge in [-0.25, -0.2) is 4.39 Å². The van der Waals surface area contributed by atoms with E-state index in [0.29, 0.717) is 25.1 Å². The quantitative estimate of drug-likeness (QED) is 0.761. The lowest BCUT2D eigenvalue weighted by Gasteiger charge is -2.36. The summed E-state index contributed by atoms with van der Waals surface area (Å²) >= 11 is 0. The van der Waals surface area contributed by atoms with Gasteiger partial charge >= 0.3 is 0 Å². The van der Waals surface area contributed by atoms with Crippen LogP contribution in [0.2, 0.25) is 0 Å². The molecular formula is C14H13FN2O. The van der Waals surface area contributed by atoms with Crippen molar-refractivity contribution in [2.45, 2.75) is 25.7 Å². The van der Waals surface area contributed by atoms with Crippen molar-refractivity contribution < 1.29 is 9.18 Å². The second-order valence-corrected chi connectivity index (χ2v) is 5.03. The van der Waals surface area contributed by atoms with E-state index in [1.54, 1.807) is 11.0 Å². The zero-order valence-corrected chi connectivity index (χ0v) is 9.95. The summed E-state index contributed by atoms with van der Waals surface area (Å²) in [5, 5.41) is 9.20. The van der Waals surface area contributed by atoms with Gasteiger partial charge in [-0.2, -0.15) is 5.26 Å². The van der Waals surface area contributed by atoms with E-state index >= 15 is 0 Å². The molecule has 0 atom stereocenters. The third-order valence-corrected chi connectivity index (χ3v) is 4.02. The number of carbonyl (C=O) groups is 1. The van der Waals surface area contributed by atoms with Crippen molar-refractivity contribution in [2.24, 2.45) is 5.41 Å². The van der Waals surface area contributed by atoms with Crippen molar-refractivity contribution in [2.75, 3.05) is 11.4 Å². The summed E-state index contributed by atoms with van der Waals surface area (Å²) < 4.78 is 13.3. The smallest absolute Gasteiger partial charge is 0.247 e. The fraction of sp³-hybridized carbons (Fsp3) is 0.429. The predicted octanol–water partition coefficient (Wildman–Crippen LogP) is 2.41. The molecule has 18 heavy (non-hydrogen) atoms. The third kappa shape index (κ3) is 1.43. The van der Waals surface area contributed by atoms with E-state index < -0.39 is 5.41 Å². The zero-order valence-electron chi connectivity index (χ0n) is 9.95. The van der Waals surface area contributed by atoms with E-state index in [1.807, 2.05) is 0 Å². The molecule has 1 amide bonds. The highest BCUT2D eigenvalue weighted by Crippen LogP contribution is 2.44. The Labute approximate surface area is 105 Å². The molecule has 0 bridgehead atoms. The SMILES string of the molecule is N#CC1(C(=O)N2CCc3ccc(F)cc32)CCC1. The molecule has 2 aliphatic rings. The maximum atomic E-state index is 13.3. The predicted molar refractivity (Wildman–Crippen MR) is 64.4 cm³/mol. The van der Waals surface area contributed by atoms with Gasteiger partial charge in [0, 0.05) is 12.2 Å². The van der Waals surface area contributed by atoms with Crippen molar-refractivity contribution in [1.82, 2.24) is 0 Å². The Morgan fingerprint density at radius 1 is 1.44 bits per heavy atom. The minimum Gasteiger partial charge on any atom is -0.310 e. The second-order valence-electron chi connectivity index (χ2n) is 5.03. The van der Waals surface area contributed by atoms with Crippen molar-refractivity contribution in [3.63, 3.8) is 0 Å². The summed E-state index contributed by atoms with van der Waals surface area (Å²) in [5.74, 6) is -0.492. The van der Waals surface area contributed by atoms with Gasteiger partial charge in [-0.05, 0) is 43.4 Å². The molecule has 0 N–H and O–H groups in total. The number of nitrogens with zero attached hydrogens (tertiary/aromatic N) is 2. The van der Waals surface area contributed by atoms with E-state index in [4.69, 9.17) is 0 Å². The summed E-state index contributed by atoms with van der Waals surface area (Å²) in [7, 11) is 0. The third-order valence-electron chi connectivity index (χ3n) is 4.02. The van der Waals surface area contributed by atoms with Gasteiger partial charge in [0.25, 0.3) is 0 Å². The van der Waals surface area contributed by atoms with E-state index in [0.717, 1.165) is 18.4 Å². The Hall–Kier alpha value is -1.89. The van der Waals surface area contributed by atoms with E-state index in [1.165, 1.54) is 12.1 Å². The lowest BCUT2D eigenvalue weighted by Crippen LogP contribution is -2.46. The van der Waals surface area contributed by atoms with Gasteiger partial charge in [-0.1, -0.05) is 6.07 Å². The summed E-state index contributed by atoms with van der Waals surface area (Å²) in [5.41, 5.74) is 0.771. The number of anilines is 1. The molecule has 0 radical (unpaired) electrons. The fourth-order valence-electron chi connectivity index (χ4n) is 2.73. The number of nitriles is 1. The van der Waals surface area contributed by atoms with Crippen molar-refractivity contribution >= 4 is 11.6 Å². The van der Waals surface area contributed by atoms with Crippen LogP contribution < -0.4 is 4.90 Å². The molecule has 0 saturated heterocycles. The van der Waals surface area contributed by atoms with Gasteiger partial charge in [-0.3, -0.25) is 4.79 Å². The minimum absolute atomic E-state index is 0.152. The molecule has 0 aromatic heterocycles. The summed E-state index contributed by atoms with van der Waals surface area (Å²) in [6, 6.07) is 6.68. The van der Waals surface area contributed by atoms with Crippen LogP contribution in [0.1, 0.15) is 24.8 Å². The monoisotopic (exact) mass is 244 g/mol. The number of hydrogen-bond acceptors (Lipinski definition) is 2. The van der Waals surface area contributed by atoms with Crippen LogP contribution in [-0.4, -0.2) is 12.5 Å². The number of halogens is 1. The average Bonchev–Trinajstić information content (AvgIpc) is 2.70. The minimum atomic E-state index is -0.853. The van der Waals surface area contributed by atoms with Crippen molar-refractivity contribution in [3.8, 4) is 6.07 Å². The molecule has 1 saturated carbocycles. The molecule has 1 aromatic rings. The number of hydrogen-bond donors (Lipinski definition) is 0. The van der Waals surface area contributed by atoms with Crippen LogP contribution in [0.5, 0.6) is 0 Å². The maximum absolute atomic E-state index is 13.3. The summed E-state index contributed by atoms with van der Waals surface area (Å²) in [4.78, 5) is 14.0. The molecule has 1 aliphatic heterocycles. The first-order valence-electron chi connectivity index (χ1n) is 6.18. The van der Waals surface area contributed by atoms with Crippen LogP contribution in [0.4, 0.5) is 10.1 Å². The number of amides is 1. The summed E-state index contributed by atoms with van der Waals surface area (Å²) in [6.07, 6.45) is 2.92. The molecule has 0 unspecified atom stereocenters. The second kappa shape index (κ2) is 3.81. The van der Waals surface area contributed by atoms with Crippen LogP contribution in [0, 0.1) is 22.6 Å². The molecule has 3 nitrogen and oxygen atoms in total. The van der Waals surface area contributed by atoms with Crippen molar-refractivity contribution in [3.05, 3.63) is 29.6 Å². The molecule has 4 heteroatoms. The number of fused-ring (bicyclic) bond motifs is 1. The molecule has 3 rings (SSSR count). The van der Waals surface area contributed by atoms with E-state index in [-0.39, 0.29) is 11.7 Å². The van der Waals surface area contributed by atoms with E-state index in [9.17, 15) is 14.4 Å². The standard InChI is InChI=1S/C14H13FN2O/c15-11-3-2-10-4-7-17(12(10)8-11)13(18)14(9-16)5-1-6-14/h2-3,8H,1,4-7H2. The van der Waals surface area contributed by atoms with Gasteiger partial charge in [0.05, 0.1) is 6.07 Å². The zero-order chi connectivity index (χ0) is 12.8. The normalized spacial score (nSPS) is 19.9. The Bertz CT molecular complexity index is 557. The first-order chi connectivity index (χ1) is 8.66. The van der Waals surface area contributed by atoms with E-state index in [2.05, 4.69) is 6.07 Å². The number of benzene rings is 1. The van der Waals surface area contributed by atoms with Crippen molar-refractivity contribution in [1.29, 1.82) is 5.26 Å². The Morgan fingerprint density at radius 2 is 2.22 bits per heavy atom. The van der Waals surface area contributed by atoms with Crippen LogP contribution in [0.3, 0.4) is 0 Å². The lowest BCUT2D eigenvalue weighted by atomic mass is 9.69. The van der Waals surface area contributed by atoms with Crippen LogP contribution in [0.25, 0.3) is 0 Å². The van der Waals surface area contributed by atoms with Gasteiger partial charge < -0.3 is 4.90 Å². The highest BCUT2D eigenvalue weighted by molar-refractivity contribution is 6.01. The van der Waals surface area contributed by atoms with Gasteiger partial charge in [0.1, 0.15) is 11.2 Å². The lowest BCUT2D eigenvalue weighted by molar-refractivity contribution is -0.128. The number of rotatable bonds is 1. The van der Waals surface area contributed by atoms with Gasteiger partial charge in [-0.15, -0.1) is 0 Å². The highest BCUT2D eigenvalue weighted by Gasteiger charge is 2.48. The molecule has 1 fully saturated rings. The topological polar surface area (TPSA) is 44.1 Å². The van der Waals surface area contributed by atoms with Gasteiger partial charge in [0.2, 0.25) is 5.91 Å². The first kappa shape index (κ1) is 11.2. The molecule has 1 aromatic carbocycles. The van der Waals surface area contributed by atoms with Gasteiger partial charge in [0.15, 0.2) is 0 Å². The average molecular weight is 244 g/mol. The molecule has 1 heterocycles. The Kier molecular flexibility index (Phi) is 2.37. The maximum Gasteiger partial charge on any atom is 0.247 e. The fourth-order valence-corrected chi connectivity index (χ4v) is 2.73. The van der Waals surface area contributed by atoms with Crippen LogP contribution in [0.15, 0.2) is 18.2 Å². The molecule has 1 aliphatic carbocycles. The molecular weight excluding hydrogens is 231 g/mol. The number of carbonyl (C=O) groups excluding carboxylic acids is 1. The van der Waals surface area contributed by atoms with Crippen LogP contribution in [-0.2, 0) is 11.2 Å². The first-order valence-corrected chi connectivity index (χ1v) is 6.18. The summed E-state index contributed by atoms with van der Waals surface area (Å²) in [6.45, 7) is 0.557. The highest BCUT2D eigenvalue weighted by atomic mass is 19.1. The largest absolute Gasteiger partial charge is 0.310 e. The Morgan fingerprint density at radius 3 is 2.83 bits per heavy atom. The molecule has 0 spiro atoms. The Balaban J connectivity index is 1.95. The molecule has 92 valence electrons. The van der Waals surface area contributed by atoms with Crippen LogP contribution >= 0.6 is 0 Å².